The number of hydrogen-bond acceptors (Lipinski definition) is 2. The summed E-state index contributed by atoms with van der Waals surface area (Å²) >= 11 is 0. The normalized spacial score (nSPS) is 26.2. The molecular weight excluding hydrogens is 121 g/mol. The standard InChI is InChI=1S/C6H8FNO/c1-4-2-5(9)6(7)8-3-4/h2-3,6,8-9H,1H3. The molecule has 0 spiro atoms. The lowest BCUT2D eigenvalue weighted by Crippen LogP contribution is -2.24. The Morgan fingerprint density at radius 2 is 2.44 bits per heavy atom. The van der Waals surface area contributed by atoms with Crippen molar-refractivity contribution in [1.82, 2.24) is 5.32 Å². The number of hydrogen-bond donors (Lipinski definition) is 2. The third-order valence-corrected chi connectivity index (χ3v) is 1.09. The molecule has 9 heavy (non-hydrogen) atoms. The molecule has 0 saturated heterocycles. The fraction of sp³-hybridized carbons (Fsp3) is 0.333. The Labute approximate surface area is 52.7 Å². The molecule has 0 amide bonds. The highest BCUT2D eigenvalue weighted by Gasteiger charge is 2.11. The topological polar surface area (TPSA) is 32.3 Å². The van der Waals surface area contributed by atoms with E-state index in [1.807, 2.05) is 0 Å². The van der Waals surface area contributed by atoms with Gasteiger partial charge in [0.25, 0.3) is 0 Å². The van der Waals surface area contributed by atoms with Gasteiger partial charge in [-0.15, -0.1) is 0 Å². The second-order valence-electron chi connectivity index (χ2n) is 1.99. The number of rotatable bonds is 0. The molecule has 1 rings (SSSR count). The van der Waals surface area contributed by atoms with Gasteiger partial charge in [0.05, 0.1) is 0 Å². The fourth-order valence-corrected chi connectivity index (χ4v) is 0.638. The zero-order valence-electron chi connectivity index (χ0n) is 5.06. The van der Waals surface area contributed by atoms with Crippen molar-refractivity contribution in [2.24, 2.45) is 0 Å². The molecule has 0 aromatic heterocycles. The van der Waals surface area contributed by atoms with Crippen molar-refractivity contribution in [3.63, 3.8) is 0 Å². The molecule has 1 unspecified atom stereocenters. The molecule has 0 fully saturated rings. The van der Waals surface area contributed by atoms with Crippen LogP contribution in [0.1, 0.15) is 6.92 Å². The van der Waals surface area contributed by atoms with E-state index < -0.39 is 6.30 Å². The first-order valence-corrected chi connectivity index (χ1v) is 2.67. The average molecular weight is 129 g/mol. The summed E-state index contributed by atoms with van der Waals surface area (Å²) in [4.78, 5) is 0. The minimum absolute atomic E-state index is 0.255. The molecule has 1 aliphatic rings. The van der Waals surface area contributed by atoms with Crippen molar-refractivity contribution >= 4 is 0 Å². The van der Waals surface area contributed by atoms with Crippen LogP contribution in [0.15, 0.2) is 23.6 Å². The first kappa shape index (κ1) is 6.13. The Kier molecular flexibility index (Phi) is 1.42. The Balaban J connectivity index is 2.74. The summed E-state index contributed by atoms with van der Waals surface area (Å²) in [6, 6.07) is 0. The predicted octanol–water partition coefficient (Wildman–Crippen LogP) is 1.23. The zero-order chi connectivity index (χ0) is 6.85. The van der Waals surface area contributed by atoms with E-state index in [2.05, 4.69) is 5.32 Å². The van der Waals surface area contributed by atoms with E-state index in [0.29, 0.717) is 0 Å². The third kappa shape index (κ3) is 1.22. The molecule has 0 aromatic carbocycles. The molecule has 2 nitrogen and oxygen atoms in total. The summed E-state index contributed by atoms with van der Waals surface area (Å²) in [7, 11) is 0. The van der Waals surface area contributed by atoms with Gasteiger partial charge in [-0.1, -0.05) is 0 Å². The largest absolute Gasteiger partial charge is 0.507 e. The second-order valence-corrected chi connectivity index (χ2v) is 1.99. The fourth-order valence-electron chi connectivity index (χ4n) is 0.638. The molecule has 0 saturated carbocycles. The average Bonchev–Trinajstić information content (AvgIpc) is 1.80. The van der Waals surface area contributed by atoms with Crippen molar-refractivity contribution in [1.29, 1.82) is 0 Å². The first-order chi connectivity index (χ1) is 4.20. The van der Waals surface area contributed by atoms with Crippen LogP contribution < -0.4 is 5.32 Å². The molecular formula is C6H8FNO. The molecule has 0 bridgehead atoms. The van der Waals surface area contributed by atoms with Gasteiger partial charge in [-0.05, 0) is 18.6 Å². The molecule has 0 aromatic rings. The summed E-state index contributed by atoms with van der Waals surface area (Å²) in [6.45, 7) is 1.77. The van der Waals surface area contributed by atoms with Gasteiger partial charge in [0.1, 0.15) is 5.76 Å². The molecule has 3 heteroatoms. The van der Waals surface area contributed by atoms with Gasteiger partial charge in [0, 0.05) is 6.20 Å². The number of allylic oxidation sites excluding steroid dienone is 2. The van der Waals surface area contributed by atoms with E-state index >= 15 is 0 Å². The molecule has 1 heterocycles. The number of aliphatic hydroxyl groups excluding tert-OH is 1. The van der Waals surface area contributed by atoms with Crippen molar-refractivity contribution in [2.75, 3.05) is 0 Å². The van der Waals surface area contributed by atoms with Gasteiger partial charge in [-0.2, -0.15) is 0 Å². The quantitative estimate of drug-likeness (QED) is 0.482. The number of nitrogens with one attached hydrogen (secondary N) is 1. The van der Waals surface area contributed by atoms with E-state index in [-0.39, 0.29) is 5.76 Å². The van der Waals surface area contributed by atoms with Crippen LogP contribution in [0.4, 0.5) is 4.39 Å². The molecule has 50 valence electrons. The predicted molar refractivity (Wildman–Crippen MR) is 32.5 cm³/mol. The van der Waals surface area contributed by atoms with Gasteiger partial charge >= 0.3 is 0 Å². The Morgan fingerprint density at radius 3 is 2.89 bits per heavy atom. The summed E-state index contributed by atoms with van der Waals surface area (Å²) in [6.07, 6.45) is 1.49. The number of aliphatic hydroxyl groups is 1. The van der Waals surface area contributed by atoms with Gasteiger partial charge in [-0.25, -0.2) is 4.39 Å². The third-order valence-electron chi connectivity index (χ3n) is 1.09. The molecule has 0 aliphatic carbocycles. The maximum atomic E-state index is 12.3. The van der Waals surface area contributed by atoms with Crippen molar-refractivity contribution < 1.29 is 9.50 Å². The summed E-state index contributed by atoms with van der Waals surface area (Å²) in [5.74, 6) is -0.255. The highest BCUT2D eigenvalue weighted by molar-refractivity contribution is 5.23. The van der Waals surface area contributed by atoms with Crippen LogP contribution in [-0.2, 0) is 0 Å². The molecule has 1 aliphatic heterocycles. The summed E-state index contributed by atoms with van der Waals surface area (Å²) in [5.41, 5.74) is 0.821. The monoisotopic (exact) mass is 129 g/mol. The van der Waals surface area contributed by atoms with Crippen molar-refractivity contribution in [3.05, 3.63) is 23.6 Å². The van der Waals surface area contributed by atoms with Crippen LogP contribution in [0.25, 0.3) is 0 Å². The minimum Gasteiger partial charge on any atom is -0.507 e. The van der Waals surface area contributed by atoms with Gasteiger partial charge in [0.2, 0.25) is 6.30 Å². The van der Waals surface area contributed by atoms with Crippen LogP contribution in [-0.4, -0.2) is 11.4 Å². The highest BCUT2D eigenvalue weighted by Crippen LogP contribution is 2.09. The Bertz CT molecular complexity index is 174. The van der Waals surface area contributed by atoms with Crippen LogP contribution in [0.2, 0.25) is 0 Å². The smallest absolute Gasteiger partial charge is 0.227 e. The van der Waals surface area contributed by atoms with Crippen molar-refractivity contribution in [3.8, 4) is 0 Å². The first-order valence-electron chi connectivity index (χ1n) is 2.67. The summed E-state index contributed by atoms with van der Waals surface area (Å²) in [5, 5.41) is 11.1. The van der Waals surface area contributed by atoms with Crippen LogP contribution in [0.5, 0.6) is 0 Å². The highest BCUT2D eigenvalue weighted by atomic mass is 19.1. The SMILES string of the molecule is CC1=CNC(F)C(O)=C1. The number of halogens is 1. The lowest BCUT2D eigenvalue weighted by Gasteiger charge is -2.12. The van der Waals surface area contributed by atoms with E-state index in [9.17, 15) is 4.39 Å². The van der Waals surface area contributed by atoms with Gasteiger partial charge in [0.15, 0.2) is 0 Å². The Morgan fingerprint density at radius 1 is 1.78 bits per heavy atom. The lowest BCUT2D eigenvalue weighted by molar-refractivity contribution is 0.236. The van der Waals surface area contributed by atoms with Gasteiger partial charge in [-0.3, -0.25) is 0 Å². The number of alkyl halides is 1. The molecule has 1 atom stereocenters. The summed E-state index contributed by atoms with van der Waals surface area (Å²) < 4.78 is 12.3. The van der Waals surface area contributed by atoms with Crippen molar-refractivity contribution in [2.45, 2.75) is 13.2 Å². The molecule has 0 radical (unpaired) electrons. The number of dihydropyridines is 1. The Hall–Kier alpha value is -0.990. The van der Waals surface area contributed by atoms with E-state index in [1.54, 1.807) is 6.92 Å². The van der Waals surface area contributed by atoms with E-state index in [1.165, 1.54) is 12.3 Å². The lowest BCUT2D eigenvalue weighted by atomic mass is 10.2. The maximum absolute atomic E-state index is 12.3. The van der Waals surface area contributed by atoms with Gasteiger partial charge < -0.3 is 10.4 Å². The van der Waals surface area contributed by atoms with Crippen LogP contribution in [0.3, 0.4) is 0 Å². The maximum Gasteiger partial charge on any atom is 0.227 e. The minimum atomic E-state index is -1.42. The van der Waals surface area contributed by atoms with E-state index in [4.69, 9.17) is 5.11 Å². The van der Waals surface area contributed by atoms with Crippen LogP contribution in [0, 0.1) is 0 Å². The van der Waals surface area contributed by atoms with E-state index in [0.717, 1.165) is 5.57 Å². The zero-order valence-corrected chi connectivity index (χ0v) is 5.06. The second kappa shape index (κ2) is 2.09. The van der Waals surface area contributed by atoms with Crippen LogP contribution >= 0.6 is 0 Å². The molecule has 2 N–H and O–H groups in total.